The molecule has 0 saturated heterocycles. The second-order valence-corrected chi connectivity index (χ2v) is 6.32. The van der Waals surface area contributed by atoms with E-state index in [0.717, 1.165) is 16.5 Å². The summed E-state index contributed by atoms with van der Waals surface area (Å²) >= 11 is 3.60. The molecule has 0 amide bonds. The zero-order chi connectivity index (χ0) is 14.5. The molecule has 1 unspecified atom stereocenters. The maximum atomic E-state index is 5.79. The fourth-order valence-corrected chi connectivity index (χ4v) is 2.96. The lowest BCUT2D eigenvalue weighted by atomic mass is 9.95. The first-order valence-electron chi connectivity index (χ1n) is 6.91. The van der Waals surface area contributed by atoms with Crippen molar-refractivity contribution in [2.24, 2.45) is 11.8 Å². The molecule has 0 aromatic heterocycles. The highest BCUT2D eigenvalue weighted by Crippen LogP contribution is 2.28. The van der Waals surface area contributed by atoms with Gasteiger partial charge in [0.05, 0.1) is 6.04 Å². The summed E-state index contributed by atoms with van der Waals surface area (Å²) in [6, 6.07) is 16.8. The summed E-state index contributed by atoms with van der Waals surface area (Å²) in [5.41, 5.74) is 6.62. The van der Waals surface area contributed by atoms with Crippen LogP contribution in [0, 0.1) is 5.92 Å². The molecule has 2 rings (SSSR count). The Morgan fingerprint density at radius 1 is 1.10 bits per heavy atom. The number of benzene rings is 2. The van der Waals surface area contributed by atoms with Crippen LogP contribution < -0.4 is 11.3 Å². The monoisotopic (exact) mass is 332 g/mol. The third-order valence-corrected chi connectivity index (χ3v) is 4.03. The molecule has 106 valence electrons. The average molecular weight is 333 g/mol. The van der Waals surface area contributed by atoms with Gasteiger partial charge in [-0.25, -0.2) is 5.43 Å². The number of hydrogen-bond acceptors (Lipinski definition) is 2. The van der Waals surface area contributed by atoms with E-state index in [9.17, 15) is 0 Å². The zero-order valence-corrected chi connectivity index (χ0v) is 13.5. The van der Waals surface area contributed by atoms with Crippen LogP contribution in [-0.2, 0) is 6.42 Å². The minimum atomic E-state index is -0.00214. The van der Waals surface area contributed by atoms with Gasteiger partial charge in [0.25, 0.3) is 0 Å². The molecule has 0 bridgehead atoms. The number of rotatable bonds is 5. The van der Waals surface area contributed by atoms with Crippen molar-refractivity contribution in [2.45, 2.75) is 26.3 Å². The fourth-order valence-electron chi connectivity index (χ4n) is 2.45. The normalized spacial score (nSPS) is 12.7. The minimum Gasteiger partial charge on any atom is -0.271 e. The SMILES string of the molecule is CC(C)Cc1cccc(C(NN)c2ccccc2Br)c1. The fraction of sp³-hybridized carbons (Fsp3) is 0.294. The molecule has 2 aromatic carbocycles. The first kappa shape index (κ1) is 15.2. The molecule has 3 N–H and O–H groups in total. The molecule has 2 aromatic rings. The highest BCUT2D eigenvalue weighted by molar-refractivity contribution is 9.10. The summed E-state index contributed by atoms with van der Waals surface area (Å²) in [7, 11) is 0. The average Bonchev–Trinajstić information content (AvgIpc) is 2.41. The van der Waals surface area contributed by atoms with Gasteiger partial charge in [-0.05, 0) is 35.1 Å². The molecule has 0 spiro atoms. The van der Waals surface area contributed by atoms with Crippen LogP contribution in [0.1, 0.15) is 36.6 Å². The third-order valence-electron chi connectivity index (χ3n) is 3.31. The molecule has 20 heavy (non-hydrogen) atoms. The Hall–Kier alpha value is -1.16. The zero-order valence-electron chi connectivity index (χ0n) is 11.9. The minimum absolute atomic E-state index is 0.00214. The molecule has 0 aliphatic heterocycles. The van der Waals surface area contributed by atoms with Gasteiger partial charge < -0.3 is 0 Å². The predicted octanol–water partition coefficient (Wildman–Crippen LogP) is 4.20. The van der Waals surface area contributed by atoms with Crippen LogP contribution in [0.3, 0.4) is 0 Å². The maximum absolute atomic E-state index is 5.79. The van der Waals surface area contributed by atoms with E-state index in [2.05, 4.69) is 65.5 Å². The summed E-state index contributed by atoms with van der Waals surface area (Å²) in [6.45, 7) is 4.47. The lowest BCUT2D eigenvalue weighted by Gasteiger charge is -2.19. The largest absolute Gasteiger partial charge is 0.271 e. The van der Waals surface area contributed by atoms with Crippen LogP contribution in [0.5, 0.6) is 0 Å². The molecule has 0 aliphatic carbocycles. The van der Waals surface area contributed by atoms with Gasteiger partial charge in [-0.1, -0.05) is 72.2 Å². The summed E-state index contributed by atoms with van der Waals surface area (Å²) in [6.07, 6.45) is 1.08. The molecule has 0 saturated carbocycles. The maximum Gasteiger partial charge on any atom is 0.0721 e. The van der Waals surface area contributed by atoms with Crippen molar-refractivity contribution >= 4 is 15.9 Å². The van der Waals surface area contributed by atoms with Gasteiger partial charge in [-0.2, -0.15) is 0 Å². The van der Waals surface area contributed by atoms with Crippen LogP contribution in [0.4, 0.5) is 0 Å². The summed E-state index contributed by atoms with van der Waals surface area (Å²) in [4.78, 5) is 0. The third kappa shape index (κ3) is 3.69. The van der Waals surface area contributed by atoms with E-state index in [1.807, 2.05) is 18.2 Å². The highest BCUT2D eigenvalue weighted by atomic mass is 79.9. The van der Waals surface area contributed by atoms with Crippen LogP contribution in [0.25, 0.3) is 0 Å². The Morgan fingerprint density at radius 3 is 2.50 bits per heavy atom. The number of halogens is 1. The van der Waals surface area contributed by atoms with Crippen molar-refractivity contribution in [2.75, 3.05) is 0 Å². The summed E-state index contributed by atoms with van der Waals surface area (Å²) in [5, 5.41) is 0. The van der Waals surface area contributed by atoms with Crippen LogP contribution >= 0.6 is 15.9 Å². The number of hydrogen-bond donors (Lipinski definition) is 2. The standard InChI is InChI=1S/C17H21BrN2/c1-12(2)10-13-6-5-7-14(11-13)17(20-19)15-8-3-4-9-16(15)18/h3-9,11-12,17,20H,10,19H2,1-2H3. The molecule has 0 aliphatic rings. The van der Waals surface area contributed by atoms with Crippen molar-refractivity contribution < 1.29 is 0 Å². The lowest BCUT2D eigenvalue weighted by molar-refractivity contribution is 0.626. The van der Waals surface area contributed by atoms with E-state index in [0.29, 0.717) is 5.92 Å². The topological polar surface area (TPSA) is 38.0 Å². The van der Waals surface area contributed by atoms with Gasteiger partial charge in [0.2, 0.25) is 0 Å². The van der Waals surface area contributed by atoms with Crippen molar-refractivity contribution in [3.8, 4) is 0 Å². The molecule has 1 atom stereocenters. The van der Waals surface area contributed by atoms with E-state index in [1.165, 1.54) is 11.1 Å². The second kappa shape index (κ2) is 7.02. The van der Waals surface area contributed by atoms with E-state index >= 15 is 0 Å². The van der Waals surface area contributed by atoms with Gasteiger partial charge in [-0.15, -0.1) is 0 Å². The Morgan fingerprint density at radius 2 is 1.85 bits per heavy atom. The molecular weight excluding hydrogens is 312 g/mol. The molecule has 2 nitrogen and oxygen atoms in total. The predicted molar refractivity (Wildman–Crippen MR) is 88.3 cm³/mol. The number of nitrogens with two attached hydrogens (primary N) is 1. The van der Waals surface area contributed by atoms with E-state index < -0.39 is 0 Å². The van der Waals surface area contributed by atoms with Crippen LogP contribution in [-0.4, -0.2) is 0 Å². The van der Waals surface area contributed by atoms with Gasteiger partial charge in [0.15, 0.2) is 0 Å². The van der Waals surface area contributed by atoms with E-state index in [-0.39, 0.29) is 6.04 Å². The summed E-state index contributed by atoms with van der Waals surface area (Å²) < 4.78 is 1.07. The van der Waals surface area contributed by atoms with Gasteiger partial charge >= 0.3 is 0 Å². The Labute approximate surface area is 129 Å². The van der Waals surface area contributed by atoms with Gasteiger partial charge in [0, 0.05) is 4.47 Å². The first-order chi connectivity index (χ1) is 9.61. The Balaban J connectivity index is 2.35. The lowest BCUT2D eigenvalue weighted by Crippen LogP contribution is -2.29. The molecular formula is C17H21BrN2. The molecule has 3 heteroatoms. The second-order valence-electron chi connectivity index (χ2n) is 5.46. The number of hydrazine groups is 1. The summed E-state index contributed by atoms with van der Waals surface area (Å²) in [5.74, 6) is 6.44. The van der Waals surface area contributed by atoms with E-state index in [1.54, 1.807) is 0 Å². The Bertz CT molecular complexity index is 566. The van der Waals surface area contributed by atoms with E-state index in [4.69, 9.17) is 5.84 Å². The van der Waals surface area contributed by atoms with Crippen molar-refractivity contribution in [3.05, 3.63) is 69.7 Å². The number of nitrogens with one attached hydrogen (secondary N) is 1. The van der Waals surface area contributed by atoms with Crippen molar-refractivity contribution in [3.63, 3.8) is 0 Å². The smallest absolute Gasteiger partial charge is 0.0721 e. The molecule has 0 fully saturated rings. The van der Waals surface area contributed by atoms with Gasteiger partial charge in [0.1, 0.15) is 0 Å². The first-order valence-corrected chi connectivity index (χ1v) is 7.70. The molecule has 0 heterocycles. The van der Waals surface area contributed by atoms with Crippen molar-refractivity contribution in [1.82, 2.24) is 5.43 Å². The van der Waals surface area contributed by atoms with Crippen molar-refractivity contribution in [1.29, 1.82) is 0 Å². The van der Waals surface area contributed by atoms with Gasteiger partial charge in [-0.3, -0.25) is 5.84 Å². The molecule has 0 radical (unpaired) electrons. The van der Waals surface area contributed by atoms with Crippen LogP contribution in [0.15, 0.2) is 53.0 Å². The van der Waals surface area contributed by atoms with Crippen LogP contribution in [0.2, 0.25) is 0 Å². The quantitative estimate of drug-likeness (QED) is 0.636. The Kier molecular flexibility index (Phi) is 5.35. The highest BCUT2D eigenvalue weighted by Gasteiger charge is 2.15.